The molecule has 0 amide bonds. The molecular formula is C13H26O2S2Si. The number of ether oxygens (including phenoxy) is 1. The predicted octanol–water partition coefficient (Wildman–Crippen LogP) is 4.58. The van der Waals surface area contributed by atoms with E-state index >= 15 is 0 Å². The number of unbranched alkanes of at least 4 members (excludes halogenated alkanes) is 1. The summed E-state index contributed by atoms with van der Waals surface area (Å²) in [7, 11) is 2.95. The summed E-state index contributed by atoms with van der Waals surface area (Å²) in [5.41, 5.74) is 0. The Balaban J connectivity index is 1.93. The third kappa shape index (κ3) is 8.48. The fraction of sp³-hybridized carbons (Fsp3) is 0.923. The van der Waals surface area contributed by atoms with Crippen molar-refractivity contribution in [2.75, 3.05) is 12.4 Å². The highest BCUT2D eigenvalue weighted by Crippen LogP contribution is 2.39. The zero-order valence-corrected chi connectivity index (χ0v) is 14.5. The van der Waals surface area contributed by atoms with Gasteiger partial charge >= 0.3 is 5.97 Å². The summed E-state index contributed by atoms with van der Waals surface area (Å²) in [6.45, 7) is 7.54. The molecule has 18 heavy (non-hydrogen) atoms. The van der Waals surface area contributed by atoms with Crippen LogP contribution < -0.4 is 0 Å². The van der Waals surface area contributed by atoms with Crippen molar-refractivity contribution in [3.63, 3.8) is 0 Å². The van der Waals surface area contributed by atoms with Crippen LogP contribution in [-0.4, -0.2) is 31.7 Å². The van der Waals surface area contributed by atoms with Gasteiger partial charge in [-0.15, -0.1) is 0 Å². The van der Waals surface area contributed by atoms with Crippen LogP contribution in [0.25, 0.3) is 0 Å². The molecule has 0 spiro atoms. The molecule has 1 heterocycles. The fourth-order valence-corrected chi connectivity index (χ4v) is 5.49. The standard InChI is InChI=1S/C13H26O2S2Si/c1-18(2,3)11-9-15-13(14)7-5-4-6-12-8-10-16-17-12/h12H,4-11H2,1-3H3. The second-order valence-electron chi connectivity index (χ2n) is 6.11. The zero-order valence-electron chi connectivity index (χ0n) is 11.9. The lowest BCUT2D eigenvalue weighted by atomic mass is 10.1. The van der Waals surface area contributed by atoms with Gasteiger partial charge in [-0.2, -0.15) is 0 Å². The smallest absolute Gasteiger partial charge is 0.305 e. The van der Waals surface area contributed by atoms with Crippen LogP contribution in [-0.2, 0) is 9.53 Å². The Labute approximate surface area is 120 Å². The average Bonchev–Trinajstić information content (AvgIpc) is 2.75. The highest BCUT2D eigenvalue weighted by molar-refractivity contribution is 8.77. The highest BCUT2D eigenvalue weighted by Gasteiger charge is 2.16. The van der Waals surface area contributed by atoms with Gasteiger partial charge in [0.25, 0.3) is 0 Å². The molecule has 5 heteroatoms. The van der Waals surface area contributed by atoms with Gasteiger partial charge in [-0.25, -0.2) is 0 Å². The van der Waals surface area contributed by atoms with Crippen LogP contribution in [0.3, 0.4) is 0 Å². The lowest BCUT2D eigenvalue weighted by Gasteiger charge is -2.15. The van der Waals surface area contributed by atoms with Crippen molar-refractivity contribution in [2.24, 2.45) is 0 Å². The largest absolute Gasteiger partial charge is 0.466 e. The molecule has 1 aliphatic heterocycles. The quantitative estimate of drug-likeness (QED) is 0.284. The van der Waals surface area contributed by atoms with Gasteiger partial charge in [0, 0.05) is 25.5 Å². The lowest BCUT2D eigenvalue weighted by molar-refractivity contribution is -0.143. The third-order valence-electron chi connectivity index (χ3n) is 3.00. The van der Waals surface area contributed by atoms with E-state index in [1.807, 2.05) is 21.6 Å². The molecule has 0 saturated carbocycles. The van der Waals surface area contributed by atoms with Crippen molar-refractivity contribution >= 4 is 35.6 Å². The van der Waals surface area contributed by atoms with Crippen molar-refractivity contribution in [1.82, 2.24) is 0 Å². The Kier molecular flexibility index (Phi) is 7.80. The first kappa shape index (κ1) is 16.4. The predicted molar refractivity (Wildman–Crippen MR) is 86.0 cm³/mol. The van der Waals surface area contributed by atoms with E-state index in [-0.39, 0.29) is 5.97 Å². The van der Waals surface area contributed by atoms with Gasteiger partial charge in [-0.3, -0.25) is 4.79 Å². The molecule has 1 fully saturated rings. The van der Waals surface area contributed by atoms with Gasteiger partial charge in [-0.1, -0.05) is 47.6 Å². The van der Waals surface area contributed by atoms with Crippen molar-refractivity contribution in [3.8, 4) is 0 Å². The van der Waals surface area contributed by atoms with Crippen LogP contribution in [0, 0.1) is 0 Å². The zero-order chi connectivity index (χ0) is 13.4. The van der Waals surface area contributed by atoms with E-state index in [0.29, 0.717) is 13.0 Å². The van der Waals surface area contributed by atoms with Gasteiger partial charge in [0.1, 0.15) is 0 Å². The molecule has 1 unspecified atom stereocenters. The minimum atomic E-state index is -1.06. The summed E-state index contributed by atoms with van der Waals surface area (Å²) in [6.07, 6.45) is 5.38. The molecule has 0 radical (unpaired) electrons. The Bertz CT molecular complexity index is 248. The maximum absolute atomic E-state index is 11.5. The second-order valence-corrected chi connectivity index (χ2v) is 14.5. The number of hydrogen-bond donors (Lipinski definition) is 0. The van der Waals surface area contributed by atoms with Gasteiger partial charge in [0.05, 0.1) is 6.61 Å². The van der Waals surface area contributed by atoms with E-state index in [2.05, 4.69) is 19.6 Å². The number of rotatable bonds is 8. The summed E-state index contributed by atoms with van der Waals surface area (Å²) in [6, 6.07) is 1.08. The normalized spacial score (nSPS) is 20.1. The molecule has 0 aromatic heterocycles. The average molecular weight is 307 g/mol. The first-order valence-corrected chi connectivity index (χ1v) is 13.0. The first-order valence-electron chi connectivity index (χ1n) is 6.91. The van der Waals surface area contributed by atoms with E-state index in [9.17, 15) is 4.79 Å². The Morgan fingerprint density at radius 1 is 1.33 bits per heavy atom. The number of esters is 1. The van der Waals surface area contributed by atoms with Gasteiger partial charge < -0.3 is 4.74 Å². The van der Waals surface area contributed by atoms with E-state index in [1.165, 1.54) is 25.0 Å². The molecule has 2 nitrogen and oxygen atoms in total. The Hall–Kier alpha value is 0.387. The summed E-state index contributed by atoms with van der Waals surface area (Å²) < 4.78 is 5.28. The number of hydrogen-bond acceptors (Lipinski definition) is 4. The molecule has 1 aliphatic rings. The van der Waals surface area contributed by atoms with Gasteiger partial charge in [-0.05, 0) is 25.3 Å². The Morgan fingerprint density at radius 3 is 2.72 bits per heavy atom. The molecule has 0 aromatic carbocycles. The van der Waals surface area contributed by atoms with Crippen LogP contribution >= 0.6 is 21.6 Å². The minimum absolute atomic E-state index is 0.00157. The van der Waals surface area contributed by atoms with Gasteiger partial charge in [0.15, 0.2) is 0 Å². The van der Waals surface area contributed by atoms with Crippen LogP contribution in [0.4, 0.5) is 0 Å². The lowest BCUT2D eigenvalue weighted by Crippen LogP contribution is -2.22. The van der Waals surface area contributed by atoms with Crippen molar-refractivity contribution in [1.29, 1.82) is 0 Å². The van der Waals surface area contributed by atoms with Crippen molar-refractivity contribution < 1.29 is 9.53 Å². The molecule has 106 valence electrons. The van der Waals surface area contributed by atoms with E-state index in [1.54, 1.807) is 0 Å². The minimum Gasteiger partial charge on any atom is -0.466 e. The van der Waals surface area contributed by atoms with Crippen LogP contribution in [0.5, 0.6) is 0 Å². The van der Waals surface area contributed by atoms with Crippen LogP contribution in [0.2, 0.25) is 25.7 Å². The topological polar surface area (TPSA) is 26.3 Å². The fourth-order valence-electron chi connectivity index (χ4n) is 1.75. The summed E-state index contributed by atoms with van der Waals surface area (Å²) >= 11 is 0. The summed E-state index contributed by atoms with van der Waals surface area (Å²) in [5.74, 6) is 1.30. The van der Waals surface area contributed by atoms with Crippen LogP contribution in [0.15, 0.2) is 0 Å². The third-order valence-corrected chi connectivity index (χ3v) is 7.71. The van der Waals surface area contributed by atoms with E-state index in [4.69, 9.17) is 4.74 Å². The highest BCUT2D eigenvalue weighted by atomic mass is 33.1. The molecular weight excluding hydrogens is 280 g/mol. The maximum Gasteiger partial charge on any atom is 0.305 e. The van der Waals surface area contributed by atoms with Crippen molar-refractivity contribution in [3.05, 3.63) is 0 Å². The van der Waals surface area contributed by atoms with E-state index < -0.39 is 8.07 Å². The van der Waals surface area contributed by atoms with E-state index in [0.717, 1.165) is 17.7 Å². The molecule has 0 N–H and O–H groups in total. The molecule has 0 bridgehead atoms. The number of carbonyl (C=O) groups is 1. The maximum atomic E-state index is 11.5. The van der Waals surface area contributed by atoms with Crippen LogP contribution in [0.1, 0.15) is 32.1 Å². The second kappa shape index (κ2) is 8.54. The molecule has 1 atom stereocenters. The Morgan fingerprint density at radius 2 is 2.11 bits per heavy atom. The van der Waals surface area contributed by atoms with Crippen molar-refractivity contribution in [2.45, 2.75) is 63.0 Å². The number of carbonyl (C=O) groups excluding carboxylic acids is 1. The first-order chi connectivity index (χ1) is 8.47. The molecule has 0 aliphatic carbocycles. The molecule has 0 aromatic rings. The summed E-state index contributed by atoms with van der Waals surface area (Å²) in [4.78, 5) is 11.5. The SMILES string of the molecule is C[Si](C)(C)CCOC(=O)CCCCC1CCSS1. The summed E-state index contributed by atoms with van der Waals surface area (Å²) in [5, 5.41) is 0.831. The molecule has 1 rings (SSSR count). The van der Waals surface area contributed by atoms with Gasteiger partial charge in [0.2, 0.25) is 0 Å². The molecule has 1 saturated heterocycles. The monoisotopic (exact) mass is 306 g/mol.